The number of aromatic nitrogens is 1. The van der Waals surface area contributed by atoms with Crippen molar-refractivity contribution in [3.05, 3.63) is 53.7 Å². The van der Waals surface area contributed by atoms with Gasteiger partial charge in [0.2, 0.25) is 5.91 Å². The van der Waals surface area contributed by atoms with E-state index in [9.17, 15) is 4.79 Å². The molecule has 24 heavy (non-hydrogen) atoms. The van der Waals surface area contributed by atoms with E-state index in [1.165, 1.54) is 5.56 Å². The van der Waals surface area contributed by atoms with Crippen molar-refractivity contribution in [2.75, 3.05) is 20.2 Å². The molecule has 0 radical (unpaired) electrons. The summed E-state index contributed by atoms with van der Waals surface area (Å²) in [5.41, 5.74) is 8.85. The maximum atomic E-state index is 11.3. The number of ether oxygens (including phenoxy) is 1. The first kappa shape index (κ1) is 16.6. The highest BCUT2D eigenvalue weighted by molar-refractivity contribution is 5.93. The van der Waals surface area contributed by atoms with E-state index in [4.69, 9.17) is 10.5 Å². The van der Waals surface area contributed by atoms with Gasteiger partial charge in [0.05, 0.1) is 11.8 Å². The molecule has 5 nitrogen and oxygen atoms in total. The van der Waals surface area contributed by atoms with Gasteiger partial charge in [0.1, 0.15) is 0 Å². The van der Waals surface area contributed by atoms with Crippen LogP contribution < -0.4 is 5.73 Å². The smallest absolute Gasteiger partial charge is 0.248 e. The molecular weight excluding hydrogens is 302 g/mol. The van der Waals surface area contributed by atoms with Crippen LogP contribution in [0.4, 0.5) is 0 Å². The lowest BCUT2D eigenvalue weighted by Crippen LogP contribution is -2.36. The lowest BCUT2D eigenvalue weighted by Gasteiger charge is -2.31. The van der Waals surface area contributed by atoms with E-state index in [-0.39, 0.29) is 0 Å². The fraction of sp³-hybridized carbons (Fsp3) is 0.368. The van der Waals surface area contributed by atoms with Crippen LogP contribution in [0.3, 0.4) is 0 Å². The van der Waals surface area contributed by atoms with E-state index in [0.29, 0.717) is 11.7 Å². The first-order chi connectivity index (χ1) is 11.7. The quantitative estimate of drug-likeness (QED) is 0.917. The molecule has 1 aromatic carbocycles. The molecule has 126 valence electrons. The Morgan fingerprint density at radius 2 is 2.08 bits per heavy atom. The molecule has 5 heteroatoms. The van der Waals surface area contributed by atoms with E-state index in [0.717, 1.165) is 43.7 Å². The Morgan fingerprint density at radius 1 is 1.29 bits per heavy atom. The number of piperidine rings is 1. The number of carbonyl (C=O) groups is 1. The predicted octanol–water partition coefficient (Wildman–Crippen LogP) is 2.46. The van der Waals surface area contributed by atoms with Crippen LogP contribution in [-0.2, 0) is 11.3 Å². The predicted molar refractivity (Wildman–Crippen MR) is 93.5 cm³/mol. The number of methoxy groups -OCH3 is 1. The van der Waals surface area contributed by atoms with Crippen molar-refractivity contribution in [3.63, 3.8) is 0 Å². The normalized spacial score (nSPS) is 16.2. The molecule has 1 saturated heterocycles. The second-order valence-corrected chi connectivity index (χ2v) is 6.21. The zero-order chi connectivity index (χ0) is 16.9. The highest BCUT2D eigenvalue weighted by Crippen LogP contribution is 2.21. The molecule has 0 aliphatic carbocycles. The largest absolute Gasteiger partial charge is 0.381 e. The van der Waals surface area contributed by atoms with Gasteiger partial charge in [0, 0.05) is 44.1 Å². The number of nitrogens with two attached hydrogens (primary N) is 1. The number of pyridine rings is 1. The van der Waals surface area contributed by atoms with Gasteiger partial charge in [-0.15, -0.1) is 0 Å². The van der Waals surface area contributed by atoms with Crippen LogP contribution in [0.5, 0.6) is 0 Å². The van der Waals surface area contributed by atoms with Crippen molar-refractivity contribution in [1.29, 1.82) is 0 Å². The Bertz CT molecular complexity index is 709. The number of benzene rings is 1. The highest BCUT2D eigenvalue weighted by atomic mass is 16.5. The third-order valence-electron chi connectivity index (χ3n) is 4.54. The number of hydrogen-bond acceptors (Lipinski definition) is 4. The molecule has 1 aliphatic rings. The molecule has 1 amide bonds. The average Bonchev–Trinajstić information content (AvgIpc) is 2.63. The monoisotopic (exact) mass is 325 g/mol. The van der Waals surface area contributed by atoms with Crippen molar-refractivity contribution in [3.8, 4) is 11.3 Å². The Morgan fingerprint density at radius 3 is 2.79 bits per heavy atom. The van der Waals surface area contributed by atoms with E-state index in [1.54, 1.807) is 25.4 Å². The number of rotatable bonds is 5. The zero-order valence-electron chi connectivity index (χ0n) is 13.9. The topological polar surface area (TPSA) is 68.5 Å². The number of likely N-dealkylation sites (tertiary alicyclic amines) is 1. The van der Waals surface area contributed by atoms with Gasteiger partial charge < -0.3 is 10.5 Å². The van der Waals surface area contributed by atoms with Gasteiger partial charge >= 0.3 is 0 Å². The van der Waals surface area contributed by atoms with E-state index < -0.39 is 5.91 Å². The summed E-state index contributed by atoms with van der Waals surface area (Å²) in [5.74, 6) is -0.434. The Labute approximate surface area is 142 Å². The minimum absolute atomic E-state index is 0.397. The molecule has 2 aromatic rings. The lowest BCUT2D eigenvalue weighted by atomic mass is 10.0. The summed E-state index contributed by atoms with van der Waals surface area (Å²) >= 11 is 0. The molecule has 3 rings (SSSR count). The molecule has 2 heterocycles. The number of hydrogen-bond donors (Lipinski definition) is 1. The minimum atomic E-state index is -0.434. The molecule has 0 unspecified atom stereocenters. The van der Waals surface area contributed by atoms with Crippen LogP contribution in [0.25, 0.3) is 11.3 Å². The molecule has 0 saturated carbocycles. The SMILES string of the molecule is COC1CCN(Cc2cccc(-c3cc(C(N)=O)ccn3)c2)CC1. The summed E-state index contributed by atoms with van der Waals surface area (Å²) in [6.07, 6.45) is 4.18. The van der Waals surface area contributed by atoms with Crippen molar-refractivity contribution >= 4 is 5.91 Å². The molecule has 1 aliphatic heterocycles. The molecule has 2 N–H and O–H groups in total. The van der Waals surface area contributed by atoms with Crippen molar-refractivity contribution in [1.82, 2.24) is 9.88 Å². The van der Waals surface area contributed by atoms with Gasteiger partial charge in [-0.1, -0.05) is 18.2 Å². The van der Waals surface area contributed by atoms with E-state index in [2.05, 4.69) is 22.0 Å². The van der Waals surface area contributed by atoms with Crippen molar-refractivity contribution in [2.24, 2.45) is 5.73 Å². The van der Waals surface area contributed by atoms with Gasteiger partial charge in [-0.05, 0) is 36.6 Å². The first-order valence-corrected chi connectivity index (χ1v) is 8.26. The molecular formula is C19H23N3O2. The molecule has 0 bridgehead atoms. The maximum absolute atomic E-state index is 11.3. The summed E-state index contributed by atoms with van der Waals surface area (Å²) in [6, 6.07) is 11.7. The van der Waals surface area contributed by atoms with Crippen LogP contribution in [-0.4, -0.2) is 42.1 Å². The molecule has 0 spiro atoms. The van der Waals surface area contributed by atoms with Crippen LogP contribution in [0.2, 0.25) is 0 Å². The highest BCUT2D eigenvalue weighted by Gasteiger charge is 2.18. The second kappa shape index (κ2) is 7.55. The minimum Gasteiger partial charge on any atom is -0.381 e. The number of nitrogens with zero attached hydrogens (tertiary/aromatic N) is 2. The third kappa shape index (κ3) is 3.99. The lowest BCUT2D eigenvalue weighted by molar-refractivity contribution is 0.0389. The maximum Gasteiger partial charge on any atom is 0.248 e. The van der Waals surface area contributed by atoms with Gasteiger partial charge in [0.25, 0.3) is 0 Å². The van der Waals surface area contributed by atoms with Crippen molar-refractivity contribution in [2.45, 2.75) is 25.5 Å². The number of primary amides is 1. The fourth-order valence-electron chi connectivity index (χ4n) is 3.13. The third-order valence-corrected chi connectivity index (χ3v) is 4.54. The Balaban J connectivity index is 1.73. The molecule has 0 atom stereocenters. The van der Waals surface area contributed by atoms with Gasteiger partial charge in [-0.3, -0.25) is 14.7 Å². The standard InChI is InChI=1S/C19H23N3O2/c1-24-17-6-9-22(10-7-17)13-14-3-2-4-15(11-14)18-12-16(19(20)23)5-8-21-18/h2-5,8,11-12,17H,6-7,9-10,13H2,1H3,(H2,20,23). The number of amides is 1. The van der Waals surface area contributed by atoms with Crippen molar-refractivity contribution < 1.29 is 9.53 Å². The first-order valence-electron chi connectivity index (χ1n) is 8.26. The molecule has 1 fully saturated rings. The van der Waals surface area contributed by atoms with Crippen LogP contribution in [0, 0.1) is 0 Å². The zero-order valence-corrected chi connectivity index (χ0v) is 13.9. The number of carbonyl (C=O) groups excluding carboxylic acids is 1. The Hall–Kier alpha value is -2.24. The summed E-state index contributed by atoms with van der Waals surface area (Å²) in [5, 5.41) is 0. The van der Waals surface area contributed by atoms with Gasteiger partial charge in [-0.2, -0.15) is 0 Å². The van der Waals surface area contributed by atoms with E-state index in [1.807, 2.05) is 12.1 Å². The second-order valence-electron chi connectivity index (χ2n) is 6.21. The Kier molecular flexibility index (Phi) is 5.23. The summed E-state index contributed by atoms with van der Waals surface area (Å²) in [4.78, 5) is 18.2. The van der Waals surface area contributed by atoms with Crippen LogP contribution >= 0.6 is 0 Å². The fourth-order valence-corrected chi connectivity index (χ4v) is 3.13. The van der Waals surface area contributed by atoms with Crippen LogP contribution in [0.15, 0.2) is 42.6 Å². The summed E-state index contributed by atoms with van der Waals surface area (Å²) < 4.78 is 5.42. The van der Waals surface area contributed by atoms with Crippen LogP contribution in [0.1, 0.15) is 28.8 Å². The summed E-state index contributed by atoms with van der Waals surface area (Å²) in [6.45, 7) is 3.02. The summed E-state index contributed by atoms with van der Waals surface area (Å²) in [7, 11) is 1.79. The average molecular weight is 325 g/mol. The van der Waals surface area contributed by atoms with Gasteiger partial charge in [-0.25, -0.2) is 0 Å². The van der Waals surface area contributed by atoms with Gasteiger partial charge in [0.15, 0.2) is 0 Å². The molecule has 1 aromatic heterocycles. The van der Waals surface area contributed by atoms with E-state index >= 15 is 0 Å².